The molecule has 0 amide bonds. The van der Waals surface area contributed by atoms with Gasteiger partial charge in [0.2, 0.25) is 0 Å². The Labute approximate surface area is 37.5 Å². The average Bonchev–Trinajstić information content (AvgIpc) is 1.61. The van der Waals surface area contributed by atoms with Crippen molar-refractivity contribution in [1.29, 1.82) is 5.41 Å². The predicted octanol–water partition coefficient (Wildman–Crippen LogP) is 1.38. The summed E-state index contributed by atoms with van der Waals surface area (Å²) in [4.78, 5) is 0. The Morgan fingerprint density at radius 3 is 2.17 bits per heavy atom. The quantitative estimate of drug-likeness (QED) is 0.383. The first-order valence-corrected chi connectivity index (χ1v) is 1.70. The van der Waals surface area contributed by atoms with Crippen LogP contribution in [0, 0.1) is 5.41 Å². The Hall–Kier alpha value is -0.850. The van der Waals surface area contributed by atoms with Gasteiger partial charge in [0.05, 0.1) is 0 Å². The summed E-state index contributed by atoms with van der Waals surface area (Å²) in [5, 5.41) is 6.45. The minimum Gasteiger partial charge on any atom is -0.309 e. The van der Waals surface area contributed by atoms with Crippen LogP contribution in [0.4, 0.5) is 0 Å². The van der Waals surface area contributed by atoms with Gasteiger partial charge in [-0.3, -0.25) is 0 Å². The molecule has 0 bridgehead atoms. The van der Waals surface area contributed by atoms with Gasteiger partial charge in [0.15, 0.2) is 0 Å². The van der Waals surface area contributed by atoms with Gasteiger partial charge in [-0.25, -0.2) is 0 Å². The van der Waals surface area contributed by atoms with Gasteiger partial charge in [0.1, 0.15) is 0 Å². The normalized spacial score (nSPS) is 8.67. The fourth-order valence-electron chi connectivity index (χ4n) is 0.134. The summed E-state index contributed by atoms with van der Waals surface area (Å²) < 4.78 is 0. The van der Waals surface area contributed by atoms with Crippen LogP contribution >= 0.6 is 0 Å². The van der Waals surface area contributed by atoms with Crippen LogP contribution in [0.5, 0.6) is 0 Å². The molecule has 0 aliphatic rings. The van der Waals surface area contributed by atoms with Crippen molar-refractivity contribution < 1.29 is 0 Å². The Bertz CT molecular complexity index is 62.0. The van der Waals surface area contributed by atoms with E-state index in [1.807, 2.05) is 0 Å². The fraction of sp³-hybridized carbons (Fsp3) is 0. The second-order valence-electron chi connectivity index (χ2n) is 0.787. The maximum atomic E-state index is 6.45. The van der Waals surface area contributed by atoms with Crippen LogP contribution in [0.15, 0.2) is 24.8 Å². The van der Waals surface area contributed by atoms with E-state index in [1.165, 1.54) is 6.21 Å². The number of nitrogens with one attached hydrogen (secondary N) is 1. The molecule has 6 heavy (non-hydrogen) atoms. The minimum absolute atomic E-state index is 1.21. The third kappa shape index (κ3) is 3.15. The van der Waals surface area contributed by atoms with Crippen LogP contribution in [0.3, 0.4) is 0 Å². The molecule has 0 radical (unpaired) electrons. The molecule has 0 rings (SSSR count). The van der Waals surface area contributed by atoms with Crippen LogP contribution in [0.1, 0.15) is 0 Å². The summed E-state index contributed by atoms with van der Waals surface area (Å²) in [6, 6.07) is 0. The molecule has 0 atom stereocenters. The molecule has 32 valence electrons. The molecule has 0 aliphatic heterocycles. The van der Waals surface area contributed by atoms with Crippen molar-refractivity contribution in [3.63, 3.8) is 0 Å². The summed E-state index contributed by atoms with van der Waals surface area (Å²) in [7, 11) is 0. The highest BCUT2D eigenvalue weighted by Gasteiger charge is 1.48. The molecule has 0 aromatic rings. The lowest BCUT2D eigenvalue weighted by Crippen LogP contribution is -1.50. The number of hydrogen-bond donors (Lipinski definition) is 1. The van der Waals surface area contributed by atoms with Gasteiger partial charge in [0, 0.05) is 6.21 Å². The van der Waals surface area contributed by atoms with Crippen LogP contribution < -0.4 is 0 Å². The Morgan fingerprint density at radius 2 is 2.00 bits per heavy atom. The van der Waals surface area contributed by atoms with Crippen molar-refractivity contribution in [3.05, 3.63) is 24.8 Å². The summed E-state index contributed by atoms with van der Waals surface area (Å²) in [5.74, 6) is 0. The molecule has 0 aromatic heterocycles. The SMILES string of the molecule is C=C/C=C/C=N. The van der Waals surface area contributed by atoms with Crippen molar-refractivity contribution in [1.82, 2.24) is 0 Å². The largest absolute Gasteiger partial charge is 0.309 e. The Balaban J connectivity index is 3.17. The zero-order valence-corrected chi connectivity index (χ0v) is 3.52. The van der Waals surface area contributed by atoms with E-state index >= 15 is 0 Å². The Kier molecular flexibility index (Phi) is 3.56. The number of allylic oxidation sites excluding steroid dienone is 3. The molecule has 0 aromatic carbocycles. The van der Waals surface area contributed by atoms with Gasteiger partial charge >= 0.3 is 0 Å². The predicted molar refractivity (Wildman–Crippen MR) is 28.1 cm³/mol. The second-order valence-corrected chi connectivity index (χ2v) is 0.787. The molecule has 1 heteroatoms. The molecule has 0 saturated heterocycles. The zero-order chi connectivity index (χ0) is 4.83. The van der Waals surface area contributed by atoms with Crippen LogP contribution in [0.25, 0.3) is 0 Å². The minimum atomic E-state index is 1.21. The molecule has 0 aliphatic carbocycles. The maximum absolute atomic E-state index is 6.45. The third-order valence-electron chi connectivity index (χ3n) is 0.343. The van der Waals surface area contributed by atoms with Gasteiger partial charge in [-0.2, -0.15) is 0 Å². The first-order valence-electron chi connectivity index (χ1n) is 1.70. The molecule has 1 N–H and O–H groups in total. The maximum Gasteiger partial charge on any atom is 0.0177 e. The van der Waals surface area contributed by atoms with E-state index in [9.17, 15) is 0 Å². The third-order valence-corrected chi connectivity index (χ3v) is 0.343. The molecular weight excluding hydrogens is 74.1 g/mol. The van der Waals surface area contributed by atoms with Gasteiger partial charge < -0.3 is 5.41 Å². The molecule has 0 spiro atoms. The highest BCUT2D eigenvalue weighted by atomic mass is 14.3. The fourth-order valence-corrected chi connectivity index (χ4v) is 0.134. The van der Waals surface area contributed by atoms with E-state index in [2.05, 4.69) is 6.58 Å². The molecule has 0 fully saturated rings. The standard InChI is InChI=1S/C5H7N/c1-2-3-4-5-6/h2-6H,1H2/b4-3+,6-5?. The number of hydrogen-bond acceptors (Lipinski definition) is 1. The summed E-state index contributed by atoms with van der Waals surface area (Å²) in [6.45, 7) is 3.41. The van der Waals surface area contributed by atoms with E-state index in [4.69, 9.17) is 5.41 Å². The van der Waals surface area contributed by atoms with Gasteiger partial charge in [-0.15, -0.1) is 0 Å². The summed E-state index contributed by atoms with van der Waals surface area (Å²) in [5.41, 5.74) is 0. The van der Waals surface area contributed by atoms with Crippen molar-refractivity contribution in [2.45, 2.75) is 0 Å². The summed E-state index contributed by atoms with van der Waals surface area (Å²) in [6.07, 6.45) is 6.15. The van der Waals surface area contributed by atoms with Crippen molar-refractivity contribution >= 4 is 6.21 Å². The van der Waals surface area contributed by atoms with Crippen molar-refractivity contribution in [3.8, 4) is 0 Å². The lowest BCUT2D eigenvalue weighted by atomic mass is 10.5. The van der Waals surface area contributed by atoms with Crippen molar-refractivity contribution in [2.75, 3.05) is 0 Å². The van der Waals surface area contributed by atoms with Crippen molar-refractivity contribution in [2.24, 2.45) is 0 Å². The Morgan fingerprint density at radius 1 is 1.33 bits per heavy atom. The van der Waals surface area contributed by atoms with E-state index in [0.717, 1.165) is 0 Å². The smallest absolute Gasteiger partial charge is 0.0177 e. The first-order chi connectivity index (χ1) is 2.91. The zero-order valence-electron chi connectivity index (χ0n) is 3.52. The second kappa shape index (κ2) is 4.15. The molecular formula is C5H7N. The summed E-state index contributed by atoms with van der Waals surface area (Å²) >= 11 is 0. The van der Waals surface area contributed by atoms with Gasteiger partial charge in [-0.1, -0.05) is 18.7 Å². The number of rotatable bonds is 2. The highest BCUT2D eigenvalue weighted by Crippen LogP contribution is 1.63. The van der Waals surface area contributed by atoms with E-state index in [-0.39, 0.29) is 0 Å². The lowest BCUT2D eigenvalue weighted by Gasteiger charge is -1.59. The van der Waals surface area contributed by atoms with Gasteiger partial charge in [0.25, 0.3) is 0 Å². The van der Waals surface area contributed by atoms with E-state index in [0.29, 0.717) is 0 Å². The monoisotopic (exact) mass is 81.1 g/mol. The average molecular weight is 81.1 g/mol. The van der Waals surface area contributed by atoms with Crippen LogP contribution in [0.2, 0.25) is 0 Å². The lowest BCUT2D eigenvalue weighted by molar-refractivity contribution is 1.58. The van der Waals surface area contributed by atoms with E-state index in [1.54, 1.807) is 18.2 Å². The first kappa shape index (κ1) is 5.15. The molecule has 1 nitrogen and oxygen atoms in total. The topological polar surface area (TPSA) is 23.9 Å². The van der Waals surface area contributed by atoms with E-state index < -0.39 is 0 Å². The molecule has 0 heterocycles. The van der Waals surface area contributed by atoms with Gasteiger partial charge in [-0.05, 0) is 6.08 Å². The van der Waals surface area contributed by atoms with Crippen LogP contribution in [-0.2, 0) is 0 Å². The molecule has 0 unspecified atom stereocenters. The highest BCUT2D eigenvalue weighted by molar-refractivity contribution is 5.67. The molecule has 0 saturated carbocycles. The van der Waals surface area contributed by atoms with Crippen LogP contribution in [-0.4, -0.2) is 6.21 Å².